The van der Waals surface area contributed by atoms with Gasteiger partial charge in [0, 0.05) is 19.6 Å². The van der Waals surface area contributed by atoms with E-state index >= 15 is 0 Å². The second-order valence-electron chi connectivity index (χ2n) is 9.74. The fourth-order valence-electron chi connectivity index (χ4n) is 4.08. The van der Waals surface area contributed by atoms with Crippen molar-refractivity contribution in [2.45, 2.75) is 58.2 Å². The molecule has 0 spiro atoms. The van der Waals surface area contributed by atoms with Crippen LogP contribution in [0.2, 0.25) is 0 Å². The van der Waals surface area contributed by atoms with Crippen molar-refractivity contribution in [1.82, 2.24) is 37.2 Å². The molecule has 1 aromatic rings. The van der Waals surface area contributed by atoms with Gasteiger partial charge in [-0.3, -0.25) is 0 Å². The van der Waals surface area contributed by atoms with Gasteiger partial charge in [-0.2, -0.15) is 0 Å². The average molecular weight is 522 g/mol. The minimum Gasteiger partial charge on any atom is -0.330 e. The van der Waals surface area contributed by atoms with E-state index in [2.05, 4.69) is 55.4 Å². The van der Waals surface area contributed by atoms with Crippen LogP contribution < -0.4 is 48.7 Å². The second-order valence-corrected chi connectivity index (χ2v) is 9.74. The summed E-state index contributed by atoms with van der Waals surface area (Å²) < 4.78 is 0. The third-order valence-corrected chi connectivity index (χ3v) is 6.12. The number of nitrogens with two attached hydrogens (primary N) is 2. The number of rotatable bonds is 28. The van der Waals surface area contributed by atoms with Crippen molar-refractivity contribution in [1.29, 1.82) is 0 Å². The normalized spacial score (nSPS) is 11.4. The Balaban J connectivity index is 2.39. The Morgan fingerprint density at radius 3 is 1.05 bits per heavy atom. The van der Waals surface area contributed by atoms with Crippen LogP contribution in [0.1, 0.15) is 55.2 Å². The molecule has 9 nitrogen and oxygen atoms in total. The molecular weight excluding hydrogens is 462 g/mol. The van der Waals surface area contributed by atoms with Crippen LogP contribution in [0.15, 0.2) is 18.2 Å². The Labute approximate surface area is 227 Å². The van der Waals surface area contributed by atoms with E-state index in [9.17, 15) is 0 Å². The highest BCUT2D eigenvalue weighted by molar-refractivity contribution is 5.30. The highest BCUT2D eigenvalue weighted by Gasteiger charge is 2.03. The summed E-state index contributed by atoms with van der Waals surface area (Å²) in [4.78, 5) is 0. The summed E-state index contributed by atoms with van der Waals surface area (Å²) in [6, 6.07) is 7.04. The summed E-state index contributed by atoms with van der Waals surface area (Å²) in [5.74, 6) is 0. The average Bonchev–Trinajstić information content (AvgIpc) is 2.91. The quantitative estimate of drug-likeness (QED) is 0.0709. The van der Waals surface area contributed by atoms with Crippen LogP contribution in [0.25, 0.3) is 0 Å². The van der Waals surface area contributed by atoms with Crippen LogP contribution in [-0.4, -0.2) is 85.6 Å². The summed E-state index contributed by atoms with van der Waals surface area (Å²) >= 11 is 0. The van der Waals surface area contributed by atoms with Gasteiger partial charge < -0.3 is 48.7 Å². The van der Waals surface area contributed by atoms with Crippen molar-refractivity contribution in [2.24, 2.45) is 11.5 Å². The number of nitrogens with one attached hydrogen (secondary N) is 7. The van der Waals surface area contributed by atoms with Crippen LogP contribution in [0.4, 0.5) is 0 Å². The van der Waals surface area contributed by atoms with E-state index in [4.69, 9.17) is 11.5 Å². The molecule has 0 aliphatic rings. The minimum atomic E-state index is 0.757. The van der Waals surface area contributed by atoms with E-state index in [0.29, 0.717) is 0 Å². The third kappa shape index (κ3) is 21.5. The molecule has 37 heavy (non-hydrogen) atoms. The molecule has 1 rings (SSSR count). The first-order chi connectivity index (χ1) is 18.3. The van der Waals surface area contributed by atoms with Crippen molar-refractivity contribution in [2.75, 3.05) is 85.6 Å². The number of hydrogen-bond donors (Lipinski definition) is 9. The van der Waals surface area contributed by atoms with E-state index in [1.165, 1.54) is 23.1 Å². The first-order valence-electron chi connectivity index (χ1n) is 14.7. The van der Waals surface area contributed by atoms with Crippen LogP contribution in [-0.2, 0) is 19.6 Å². The van der Waals surface area contributed by atoms with Gasteiger partial charge in [-0.05, 0) is 141 Å². The Kier molecular flexibility index (Phi) is 24.2. The van der Waals surface area contributed by atoms with Crippen molar-refractivity contribution >= 4 is 0 Å². The maximum Gasteiger partial charge on any atom is 0.0205 e. The lowest BCUT2D eigenvalue weighted by Crippen LogP contribution is -2.25. The van der Waals surface area contributed by atoms with Crippen LogP contribution in [0, 0.1) is 0 Å². The molecule has 0 heterocycles. The highest BCUT2D eigenvalue weighted by atomic mass is 14.9. The molecule has 0 aromatic heterocycles. The molecule has 0 saturated heterocycles. The molecule has 0 atom stereocenters. The van der Waals surface area contributed by atoms with Crippen molar-refractivity contribution in [3.63, 3.8) is 0 Å². The van der Waals surface area contributed by atoms with Crippen LogP contribution in [0.3, 0.4) is 0 Å². The highest BCUT2D eigenvalue weighted by Crippen LogP contribution is 2.11. The van der Waals surface area contributed by atoms with Crippen molar-refractivity contribution in [3.8, 4) is 0 Å². The van der Waals surface area contributed by atoms with E-state index in [0.717, 1.165) is 130 Å². The molecule has 216 valence electrons. The molecule has 0 bridgehead atoms. The zero-order valence-corrected chi connectivity index (χ0v) is 23.7. The molecule has 0 fully saturated rings. The summed E-state index contributed by atoms with van der Waals surface area (Å²) in [5, 5.41) is 24.5. The Morgan fingerprint density at radius 1 is 0.432 bits per heavy atom. The molecule has 0 aliphatic carbocycles. The van der Waals surface area contributed by atoms with Gasteiger partial charge in [0.15, 0.2) is 0 Å². The summed E-state index contributed by atoms with van der Waals surface area (Å²) in [6.45, 7) is 14.6. The minimum absolute atomic E-state index is 0.757. The van der Waals surface area contributed by atoms with Gasteiger partial charge in [0.05, 0.1) is 0 Å². The predicted molar refractivity (Wildman–Crippen MR) is 160 cm³/mol. The Bertz CT molecular complexity index is 577. The lowest BCUT2D eigenvalue weighted by Gasteiger charge is -2.13. The Hall–Kier alpha value is -1.14. The van der Waals surface area contributed by atoms with Gasteiger partial charge in [0.1, 0.15) is 0 Å². The summed E-state index contributed by atoms with van der Waals surface area (Å²) in [5.41, 5.74) is 15.2. The van der Waals surface area contributed by atoms with Gasteiger partial charge in [-0.1, -0.05) is 18.2 Å². The van der Waals surface area contributed by atoms with Crippen molar-refractivity contribution in [3.05, 3.63) is 34.9 Å². The maximum absolute atomic E-state index is 5.55. The SMILES string of the molecule is CNCCCNCCCNCc1cc(CNCCCNCCCN)cc(CNCCCNCCCN)c1. The smallest absolute Gasteiger partial charge is 0.0205 e. The van der Waals surface area contributed by atoms with E-state index in [1.807, 2.05) is 7.05 Å². The van der Waals surface area contributed by atoms with Gasteiger partial charge in [0.2, 0.25) is 0 Å². The fourth-order valence-corrected chi connectivity index (χ4v) is 4.08. The monoisotopic (exact) mass is 521 g/mol. The first kappa shape index (κ1) is 33.9. The Morgan fingerprint density at radius 2 is 0.730 bits per heavy atom. The zero-order valence-electron chi connectivity index (χ0n) is 23.7. The molecule has 0 saturated carbocycles. The molecule has 1 aromatic carbocycles. The van der Waals surface area contributed by atoms with E-state index < -0.39 is 0 Å². The van der Waals surface area contributed by atoms with Crippen LogP contribution >= 0.6 is 0 Å². The molecular formula is C28H59N9. The number of benzene rings is 1. The second kappa shape index (κ2) is 26.5. The molecule has 0 aliphatic heterocycles. The molecule has 0 amide bonds. The molecule has 11 N–H and O–H groups in total. The number of hydrogen-bond acceptors (Lipinski definition) is 9. The largest absolute Gasteiger partial charge is 0.330 e. The van der Waals surface area contributed by atoms with Gasteiger partial charge in [-0.15, -0.1) is 0 Å². The fraction of sp³-hybridized carbons (Fsp3) is 0.786. The van der Waals surface area contributed by atoms with Gasteiger partial charge in [0.25, 0.3) is 0 Å². The van der Waals surface area contributed by atoms with Gasteiger partial charge >= 0.3 is 0 Å². The van der Waals surface area contributed by atoms with E-state index in [1.54, 1.807) is 0 Å². The standard InChI is InChI=1S/C28H59N9/c1-31-10-4-13-34-16-7-19-37-25-28-21-26(23-35-17-5-14-32-11-2-8-29)20-27(22-28)24-36-18-6-15-33-12-3-9-30/h20-22,31-37H,2-19,23-25,29-30H2,1H3. The first-order valence-corrected chi connectivity index (χ1v) is 14.7. The molecule has 0 radical (unpaired) electrons. The topological polar surface area (TPSA) is 136 Å². The summed E-state index contributed by atoms with van der Waals surface area (Å²) in [7, 11) is 2.00. The predicted octanol–water partition coefficient (Wildman–Crippen LogP) is 0.202. The summed E-state index contributed by atoms with van der Waals surface area (Å²) in [6.07, 6.45) is 6.67. The van der Waals surface area contributed by atoms with Gasteiger partial charge in [-0.25, -0.2) is 0 Å². The van der Waals surface area contributed by atoms with Crippen molar-refractivity contribution < 1.29 is 0 Å². The van der Waals surface area contributed by atoms with Crippen LogP contribution in [0.5, 0.6) is 0 Å². The maximum atomic E-state index is 5.55. The zero-order chi connectivity index (χ0) is 26.7. The van der Waals surface area contributed by atoms with E-state index in [-0.39, 0.29) is 0 Å². The lowest BCUT2D eigenvalue weighted by molar-refractivity contribution is 0.574. The third-order valence-electron chi connectivity index (χ3n) is 6.12. The molecule has 0 unspecified atom stereocenters. The lowest BCUT2D eigenvalue weighted by atomic mass is 10.0. The molecule has 9 heteroatoms.